The van der Waals surface area contributed by atoms with Gasteiger partial charge in [0.25, 0.3) is 5.91 Å². The molecule has 0 bridgehead atoms. The Hall–Kier alpha value is -2.90. The Bertz CT molecular complexity index is 855. The normalized spacial score (nSPS) is 10.2. The number of carbonyl (C=O) groups is 2. The van der Waals surface area contributed by atoms with Crippen molar-refractivity contribution in [1.82, 2.24) is 16.2 Å². The molecule has 0 aromatic heterocycles. The number of para-hydroxylation sites is 1. The van der Waals surface area contributed by atoms with Crippen LogP contribution in [0.3, 0.4) is 0 Å². The first-order valence-corrected chi connectivity index (χ1v) is 8.27. The molecule has 0 radical (unpaired) electrons. The predicted molar refractivity (Wildman–Crippen MR) is 105 cm³/mol. The van der Waals surface area contributed by atoms with Gasteiger partial charge in [-0.2, -0.15) is 0 Å². The van der Waals surface area contributed by atoms with Gasteiger partial charge in [-0.3, -0.25) is 25.8 Å². The second-order valence-electron chi connectivity index (χ2n) is 4.95. The number of hydrogen-bond donors (Lipinski definition) is 3. The van der Waals surface area contributed by atoms with Gasteiger partial charge in [-0.25, -0.2) is 0 Å². The summed E-state index contributed by atoms with van der Waals surface area (Å²) in [5, 5.41) is 2.67. The molecule has 134 valence electrons. The lowest BCUT2D eigenvalue weighted by Crippen LogP contribution is -2.48. The van der Waals surface area contributed by atoms with E-state index in [9.17, 15) is 9.59 Å². The highest BCUT2D eigenvalue weighted by Crippen LogP contribution is 2.18. The van der Waals surface area contributed by atoms with Crippen LogP contribution in [-0.2, 0) is 4.79 Å². The van der Waals surface area contributed by atoms with Crippen molar-refractivity contribution in [2.24, 2.45) is 0 Å². The first kappa shape index (κ1) is 19.4. The van der Waals surface area contributed by atoms with Crippen molar-refractivity contribution in [3.63, 3.8) is 0 Å². The molecule has 2 aromatic carbocycles. The van der Waals surface area contributed by atoms with Crippen LogP contribution in [0.2, 0.25) is 5.02 Å². The number of ether oxygens (including phenoxy) is 1. The summed E-state index contributed by atoms with van der Waals surface area (Å²) in [7, 11) is 1.55. The molecule has 0 saturated heterocycles. The molecule has 2 aromatic rings. The largest absolute Gasteiger partial charge is 0.496 e. The molecule has 0 saturated carbocycles. The van der Waals surface area contributed by atoms with Crippen molar-refractivity contribution in [3.05, 3.63) is 70.8 Å². The number of hydrazine groups is 1. The molecule has 8 heteroatoms. The fraction of sp³-hybridized carbons (Fsp3) is 0.0556. The summed E-state index contributed by atoms with van der Waals surface area (Å²) >= 11 is 10.9. The molecular weight excluding hydrogens is 374 g/mol. The number of methoxy groups -OCH3 is 1. The molecule has 0 spiro atoms. The lowest BCUT2D eigenvalue weighted by Gasteiger charge is -2.10. The van der Waals surface area contributed by atoms with Crippen molar-refractivity contribution < 1.29 is 14.3 Å². The van der Waals surface area contributed by atoms with Gasteiger partial charge in [0.15, 0.2) is 5.11 Å². The van der Waals surface area contributed by atoms with Crippen LogP contribution in [0, 0.1) is 0 Å². The Morgan fingerprint density at radius 2 is 1.77 bits per heavy atom. The van der Waals surface area contributed by atoms with Gasteiger partial charge in [-0.1, -0.05) is 41.9 Å². The Morgan fingerprint density at radius 3 is 2.50 bits per heavy atom. The maximum absolute atomic E-state index is 12.0. The summed E-state index contributed by atoms with van der Waals surface area (Å²) < 4.78 is 5.20. The van der Waals surface area contributed by atoms with Gasteiger partial charge >= 0.3 is 0 Å². The zero-order valence-electron chi connectivity index (χ0n) is 13.8. The Balaban J connectivity index is 1.85. The quantitative estimate of drug-likeness (QED) is 0.425. The summed E-state index contributed by atoms with van der Waals surface area (Å²) in [6.45, 7) is 0. The summed E-state index contributed by atoms with van der Waals surface area (Å²) in [6, 6.07) is 13.8. The standard InChI is InChI=1S/C18H16ClN3O3S/c1-25-15-9-5-2-6-12(15)10-11-16(23)20-18(26)22-21-17(24)13-7-3-4-8-14(13)19/h2-11H,1H3,(H,21,24)(H2,20,22,23,26). The Morgan fingerprint density at radius 1 is 1.08 bits per heavy atom. The Kier molecular flexibility index (Phi) is 7.13. The molecule has 3 N–H and O–H groups in total. The third-order valence-electron chi connectivity index (χ3n) is 3.20. The van der Waals surface area contributed by atoms with Crippen LogP contribution in [0.5, 0.6) is 5.75 Å². The van der Waals surface area contributed by atoms with E-state index in [0.29, 0.717) is 10.8 Å². The number of carbonyl (C=O) groups excluding carboxylic acids is 2. The maximum Gasteiger partial charge on any atom is 0.271 e. The molecule has 26 heavy (non-hydrogen) atoms. The van der Waals surface area contributed by atoms with Crippen molar-refractivity contribution in [2.75, 3.05) is 7.11 Å². The monoisotopic (exact) mass is 389 g/mol. The first-order valence-electron chi connectivity index (χ1n) is 7.48. The molecule has 2 amide bonds. The van der Waals surface area contributed by atoms with E-state index in [0.717, 1.165) is 5.56 Å². The molecule has 0 aliphatic heterocycles. The van der Waals surface area contributed by atoms with Crippen molar-refractivity contribution >= 4 is 46.8 Å². The number of benzene rings is 2. The lowest BCUT2D eigenvalue weighted by atomic mass is 10.2. The minimum Gasteiger partial charge on any atom is -0.496 e. The molecule has 0 atom stereocenters. The van der Waals surface area contributed by atoms with E-state index in [1.807, 2.05) is 18.2 Å². The zero-order chi connectivity index (χ0) is 18.9. The fourth-order valence-electron chi connectivity index (χ4n) is 1.98. The summed E-state index contributed by atoms with van der Waals surface area (Å²) in [6.07, 6.45) is 2.90. The molecule has 0 aliphatic rings. The highest BCUT2D eigenvalue weighted by molar-refractivity contribution is 7.80. The zero-order valence-corrected chi connectivity index (χ0v) is 15.4. The van der Waals surface area contributed by atoms with Crippen LogP contribution in [0.4, 0.5) is 0 Å². The second kappa shape index (κ2) is 9.55. The van der Waals surface area contributed by atoms with Gasteiger partial charge in [0.05, 0.1) is 17.7 Å². The average Bonchev–Trinajstić information content (AvgIpc) is 2.65. The number of rotatable bonds is 4. The van der Waals surface area contributed by atoms with Gasteiger partial charge < -0.3 is 4.74 Å². The van der Waals surface area contributed by atoms with E-state index in [2.05, 4.69) is 16.2 Å². The van der Waals surface area contributed by atoms with Crippen molar-refractivity contribution in [2.45, 2.75) is 0 Å². The molecule has 0 aliphatic carbocycles. The lowest BCUT2D eigenvalue weighted by molar-refractivity contribution is -0.115. The van der Waals surface area contributed by atoms with E-state index in [1.165, 1.54) is 6.08 Å². The van der Waals surface area contributed by atoms with Crippen molar-refractivity contribution in [1.29, 1.82) is 0 Å². The minimum absolute atomic E-state index is 0.0555. The number of amides is 2. The SMILES string of the molecule is COc1ccccc1C=CC(=O)NC(=S)NNC(=O)c1ccccc1Cl. The second-order valence-corrected chi connectivity index (χ2v) is 5.77. The molecule has 0 unspecified atom stereocenters. The smallest absolute Gasteiger partial charge is 0.271 e. The molecule has 0 heterocycles. The van der Waals surface area contributed by atoms with Crippen LogP contribution in [0.25, 0.3) is 6.08 Å². The van der Waals surface area contributed by atoms with Crippen LogP contribution in [0.1, 0.15) is 15.9 Å². The van der Waals surface area contributed by atoms with Crippen LogP contribution in [0.15, 0.2) is 54.6 Å². The van der Waals surface area contributed by atoms with Gasteiger partial charge in [0.1, 0.15) is 5.75 Å². The average molecular weight is 390 g/mol. The first-order chi connectivity index (χ1) is 12.5. The van der Waals surface area contributed by atoms with Gasteiger partial charge in [-0.15, -0.1) is 0 Å². The van der Waals surface area contributed by atoms with Crippen LogP contribution in [-0.4, -0.2) is 24.0 Å². The number of thiocarbonyl (C=S) groups is 1. The topological polar surface area (TPSA) is 79.5 Å². The third kappa shape index (κ3) is 5.58. The minimum atomic E-state index is -0.475. The highest BCUT2D eigenvalue weighted by Gasteiger charge is 2.10. The summed E-state index contributed by atoms with van der Waals surface area (Å²) in [5.74, 6) is -0.290. The summed E-state index contributed by atoms with van der Waals surface area (Å²) in [5.41, 5.74) is 5.84. The molecule has 0 fully saturated rings. The molecular formula is C18H16ClN3O3S. The van der Waals surface area contributed by atoms with Gasteiger partial charge in [-0.05, 0) is 36.5 Å². The van der Waals surface area contributed by atoms with Crippen LogP contribution < -0.4 is 20.9 Å². The van der Waals surface area contributed by atoms with E-state index < -0.39 is 11.8 Å². The molecule has 2 rings (SSSR count). The molecule has 6 nitrogen and oxygen atoms in total. The highest BCUT2D eigenvalue weighted by atomic mass is 35.5. The van der Waals surface area contributed by atoms with Gasteiger partial charge in [0.2, 0.25) is 5.91 Å². The van der Waals surface area contributed by atoms with Crippen LogP contribution >= 0.6 is 23.8 Å². The summed E-state index contributed by atoms with van der Waals surface area (Å²) in [4.78, 5) is 23.9. The van der Waals surface area contributed by atoms with E-state index >= 15 is 0 Å². The van der Waals surface area contributed by atoms with E-state index in [-0.39, 0.29) is 10.7 Å². The number of halogens is 1. The Labute approximate surface area is 161 Å². The van der Waals surface area contributed by atoms with Gasteiger partial charge in [0, 0.05) is 11.6 Å². The van der Waals surface area contributed by atoms with E-state index in [1.54, 1.807) is 43.5 Å². The fourth-order valence-corrected chi connectivity index (χ4v) is 2.35. The van der Waals surface area contributed by atoms with Crippen molar-refractivity contribution in [3.8, 4) is 5.75 Å². The number of nitrogens with one attached hydrogen (secondary N) is 3. The predicted octanol–water partition coefficient (Wildman–Crippen LogP) is 2.70. The third-order valence-corrected chi connectivity index (χ3v) is 3.73. The van der Waals surface area contributed by atoms with E-state index in [4.69, 9.17) is 28.6 Å². The number of hydrogen-bond acceptors (Lipinski definition) is 4. The maximum atomic E-state index is 12.0.